The van der Waals surface area contributed by atoms with Crippen LogP contribution in [0.3, 0.4) is 0 Å². The minimum absolute atomic E-state index is 0.262. The second-order valence-corrected chi connectivity index (χ2v) is 2.51. The maximum absolute atomic E-state index is 9.17. The van der Waals surface area contributed by atoms with Gasteiger partial charge in [-0.15, -0.1) is 0 Å². The third-order valence-corrected chi connectivity index (χ3v) is 1.70. The number of rotatable bonds is 1. The van der Waals surface area contributed by atoms with Crippen molar-refractivity contribution < 1.29 is 14.9 Å². The van der Waals surface area contributed by atoms with E-state index in [-0.39, 0.29) is 12.6 Å². The highest BCUT2D eigenvalue weighted by Crippen LogP contribution is 2.16. The van der Waals surface area contributed by atoms with Crippen LogP contribution in [0.5, 0.6) is 0 Å². The van der Waals surface area contributed by atoms with E-state index in [0.29, 0.717) is 12.8 Å². The highest BCUT2D eigenvalue weighted by atomic mass is 16.6. The molecule has 60 valence electrons. The average Bonchev–Trinajstić information content (AvgIpc) is 1.94. The molecule has 10 heavy (non-hydrogen) atoms. The Morgan fingerprint density at radius 3 is 2.60 bits per heavy atom. The minimum Gasteiger partial charge on any atom is -0.390 e. The van der Waals surface area contributed by atoms with Crippen LogP contribution in [0.25, 0.3) is 0 Å². The fourth-order valence-electron chi connectivity index (χ4n) is 1.07. The molecule has 3 atom stereocenters. The molecule has 1 fully saturated rings. The Morgan fingerprint density at radius 1 is 1.40 bits per heavy atom. The molecule has 1 saturated heterocycles. The summed E-state index contributed by atoms with van der Waals surface area (Å²) < 4.78 is 4.93. The van der Waals surface area contributed by atoms with E-state index in [1.165, 1.54) is 0 Å². The van der Waals surface area contributed by atoms with E-state index in [9.17, 15) is 5.11 Å². The van der Waals surface area contributed by atoms with Gasteiger partial charge in [0.05, 0.1) is 12.2 Å². The van der Waals surface area contributed by atoms with Crippen molar-refractivity contribution in [3.05, 3.63) is 0 Å². The Kier molecular flexibility index (Phi) is 2.62. The number of hydrogen-bond donors (Lipinski definition) is 3. The topological polar surface area (TPSA) is 75.7 Å². The summed E-state index contributed by atoms with van der Waals surface area (Å²) in [5.74, 6) is 0. The maximum atomic E-state index is 9.17. The highest BCUT2D eigenvalue weighted by Gasteiger charge is 2.27. The second-order valence-electron chi connectivity index (χ2n) is 2.51. The summed E-state index contributed by atoms with van der Waals surface area (Å²) in [6.07, 6.45) is -0.560. The lowest BCUT2D eigenvalue weighted by Crippen LogP contribution is -2.43. The molecule has 0 amide bonds. The summed E-state index contributed by atoms with van der Waals surface area (Å²) in [6.45, 7) is 0.262. The van der Waals surface area contributed by atoms with Crippen molar-refractivity contribution in [2.24, 2.45) is 5.73 Å². The second kappa shape index (κ2) is 3.30. The lowest BCUT2D eigenvalue weighted by molar-refractivity contribution is -0.194. The molecule has 0 radical (unpaired) electrons. The summed E-state index contributed by atoms with van der Waals surface area (Å²) in [5.41, 5.74) is 5.26. The van der Waals surface area contributed by atoms with Crippen LogP contribution in [0.2, 0.25) is 0 Å². The van der Waals surface area contributed by atoms with E-state index in [4.69, 9.17) is 15.6 Å². The van der Waals surface area contributed by atoms with Crippen LogP contribution >= 0.6 is 0 Å². The summed E-state index contributed by atoms with van der Waals surface area (Å²) in [7, 11) is 0. The summed E-state index contributed by atoms with van der Waals surface area (Å²) >= 11 is 0. The fourth-order valence-corrected chi connectivity index (χ4v) is 1.07. The first-order chi connectivity index (χ1) is 4.74. The van der Waals surface area contributed by atoms with Crippen molar-refractivity contribution >= 4 is 0 Å². The predicted octanol–water partition coefficient (Wildman–Crippen LogP) is -1.20. The Hall–Kier alpha value is -0.160. The van der Waals surface area contributed by atoms with Gasteiger partial charge in [-0.2, -0.15) is 0 Å². The van der Waals surface area contributed by atoms with Crippen molar-refractivity contribution in [2.75, 3.05) is 6.54 Å². The van der Waals surface area contributed by atoms with Gasteiger partial charge >= 0.3 is 0 Å². The van der Waals surface area contributed by atoms with E-state index in [1.807, 2.05) is 0 Å². The number of hydrogen-bond acceptors (Lipinski definition) is 4. The van der Waals surface area contributed by atoms with Gasteiger partial charge in [0.25, 0.3) is 0 Å². The van der Waals surface area contributed by atoms with Crippen molar-refractivity contribution in [1.29, 1.82) is 0 Å². The Bertz CT molecular complexity index is 109. The number of ether oxygens (including phenoxy) is 1. The van der Waals surface area contributed by atoms with Gasteiger partial charge in [-0.3, -0.25) is 0 Å². The van der Waals surface area contributed by atoms with Gasteiger partial charge < -0.3 is 20.7 Å². The third-order valence-electron chi connectivity index (χ3n) is 1.70. The molecule has 1 rings (SSSR count). The van der Waals surface area contributed by atoms with E-state index < -0.39 is 12.4 Å². The van der Waals surface area contributed by atoms with Gasteiger partial charge in [-0.25, -0.2) is 0 Å². The number of aliphatic hydroxyl groups excluding tert-OH is 2. The van der Waals surface area contributed by atoms with Gasteiger partial charge in [0.2, 0.25) is 0 Å². The van der Waals surface area contributed by atoms with E-state index in [2.05, 4.69) is 0 Å². The Balaban J connectivity index is 2.38. The summed E-state index contributed by atoms with van der Waals surface area (Å²) in [6, 6.07) is 0. The smallest absolute Gasteiger partial charge is 0.155 e. The van der Waals surface area contributed by atoms with E-state index >= 15 is 0 Å². The number of nitrogens with two attached hydrogens (primary N) is 1. The molecule has 4 N–H and O–H groups in total. The standard InChI is InChI=1S/C6H13NO3/c7-3-5-4(8)1-2-6(9)10-5/h4-6,8-9H,1-3,7H2/t4-,5?,6-/m0/s1. The van der Waals surface area contributed by atoms with Gasteiger partial charge in [0, 0.05) is 13.0 Å². The quantitative estimate of drug-likeness (QED) is 0.435. The predicted molar refractivity (Wildman–Crippen MR) is 35.2 cm³/mol. The first-order valence-electron chi connectivity index (χ1n) is 3.45. The van der Waals surface area contributed by atoms with Crippen molar-refractivity contribution in [2.45, 2.75) is 31.3 Å². The SMILES string of the molecule is NCC1O[C@H](O)CC[C@@H]1O. The molecular formula is C6H13NO3. The Labute approximate surface area is 59.6 Å². The molecule has 0 aromatic rings. The average molecular weight is 147 g/mol. The largest absolute Gasteiger partial charge is 0.390 e. The third kappa shape index (κ3) is 1.67. The molecule has 1 aliphatic heterocycles. The normalized spacial score (nSPS) is 41.7. The molecule has 4 heteroatoms. The number of aliphatic hydroxyl groups is 2. The van der Waals surface area contributed by atoms with E-state index in [0.717, 1.165) is 0 Å². The van der Waals surface area contributed by atoms with Crippen LogP contribution < -0.4 is 5.73 Å². The zero-order valence-corrected chi connectivity index (χ0v) is 5.73. The molecule has 1 heterocycles. The van der Waals surface area contributed by atoms with Crippen molar-refractivity contribution in [3.63, 3.8) is 0 Å². The molecule has 0 aromatic carbocycles. The summed E-state index contributed by atoms with van der Waals surface area (Å²) in [5, 5.41) is 18.1. The van der Waals surface area contributed by atoms with E-state index in [1.54, 1.807) is 0 Å². The monoisotopic (exact) mass is 147 g/mol. The summed E-state index contributed by atoms with van der Waals surface area (Å²) in [4.78, 5) is 0. The van der Waals surface area contributed by atoms with Gasteiger partial charge in [-0.05, 0) is 6.42 Å². The van der Waals surface area contributed by atoms with Gasteiger partial charge in [0.1, 0.15) is 0 Å². The van der Waals surface area contributed by atoms with Gasteiger partial charge in [-0.1, -0.05) is 0 Å². The molecule has 0 aliphatic carbocycles. The molecule has 0 saturated carbocycles. The molecule has 4 nitrogen and oxygen atoms in total. The lowest BCUT2D eigenvalue weighted by atomic mass is 10.1. The lowest BCUT2D eigenvalue weighted by Gasteiger charge is -2.30. The van der Waals surface area contributed by atoms with Crippen LogP contribution in [0.1, 0.15) is 12.8 Å². The minimum atomic E-state index is -0.739. The zero-order valence-electron chi connectivity index (χ0n) is 5.73. The molecule has 1 unspecified atom stereocenters. The maximum Gasteiger partial charge on any atom is 0.155 e. The molecular weight excluding hydrogens is 134 g/mol. The molecule has 0 spiro atoms. The van der Waals surface area contributed by atoms with Crippen molar-refractivity contribution in [1.82, 2.24) is 0 Å². The highest BCUT2D eigenvalue weighted by molar-refractivity contribution is 4.75. The molecule has 0 aromatic heterocycles. The van der Waals surface area contributed by atoms with Crippen LogP contribution in [-0.2, 0) is 4.74 Å². The van der Waals surface area contributed by atoms with Crippen LogP contribution in [-0.4, -0.2) is 35.3 Å². The zero-order chi connectivity index (χ0) is 7.56. The Morgan fingerprint density at radius 2 is 2.10 bits per heavy atom. The first kappa shape index (κ1) is 7.94. The molecule has 0 bridgehead atoms. The van der Waals surface area contributed by atoms with Crippen LogP contribution in [0.15, 0.2) is 0 Å². The van der Waals surface area contributed by atoms with Gasteiger partial charge in [0.15, 0.2) is 6.29 Å². The fraction of sp³-hybridized carbons (Fsp3) is 1.00. The van der Waals surface area contributed by atoms with Crippen LogP contribution in [0, 0.1) is 0 Å². The van der Waals surface area contributed by atoms with Crippen molar-refractivity contribution in [3.8, 4) is 0 Å². The first-order valence-corrected chi connectivity index (χ1v) is 3.45. The molecule has 1 aliphatic rings. The van der Waals surface area contributed by atoms with Crippen LogP contribution in [0.4, 0.5) is 0 Å².